The van der Waals surface area contributed by atoms with E-state index in [1.165, 1.54) is 11.1 Å². The number of benzene rings is 6. The van der Waals surface area contributed by atoms with Gasteiger partial charge in [-0.2, -0.15) is 0 Å². The van der Waals surface area contributed by atoms with Crippen LogP contribution in [0.4, 0.5) is 0 Å². The molecule has 0 bridgehead atoms. The van der Waals surface area contributed by atoms with Gasteiger partial charge in [-0.1, -0.05) is 127 Å². The van der Waals surface area contributed by atoms with Gasteiger partial charge in [0.1, 0.15) is 11.2 Å². The largest absolute Gasteiger partial charge is 0.455 e. The topological polar surface area (TPSA) is 13.1 Å². The summed E-state index contributed by atoms with van der Waals surface area (Å²) in [6.45, 7) is 0. The fraction of sp³-hybridized carbons (Fsp3) is 0. The average molecular weight is 507 g/mol. The highest BCUT2D eigenvalue weighted by atomic mass is 35.5. The van der Waals surface area contributed by atoms with E-state index in [1.54, 1.807) is 0 Å². The standard InChI is InChI=1S/C36H23ClO/c37-33-21-20-30(28-18-16-26(17-19-28)24-10-4-1-5-11-24)36-34(33)32-23-29(25-12-6-2-7-13-25)22-31(35(32)38-36)27-14-8-3-9-15-27/h1-23H. The third kappa shape index (κ3) is 3.89. The maximum Gasteiger partial charge on any atom is 0.144 e. The van der Waals surface area contributed by atoms with E-state index in [1.807, 2.05) is 24.3 Å². The van der Waals surface area contributed by atoms with Gasteiger partial charge in [-0.15, -0.1) is 0 Å². The Balaban J connectivity index is 1.47. The number of hydrogen-bond donors (Lipinski definition) is 0. The second-order valence-electron chi connectivity index (χ2n) is 9.48. The predicted octanol–water partition coefficient (Wildman–Crippen LogP) is 10.9. The molecule has 0 radical (unpaired) electrons. The van der Waals surface area contributed by atoms with Gasteiger partial charge in [-0.3, -0.25) is 0 Å². The highest BCUT2D eigenvalue weighted by molar-refractivity contribution is 6.38. The summed E-state index contributed by atoms with van der Waals surface area (Å²) in [4.78, 5) is 0. The van der Waals surface area contributed by atoms with E-state index in [4.69, 9.17) is 16.0 Å². The Hall–Kier alpha value is -4.59. The maximum absolute atomic E-state index is 6.88. The number of rotatable bonds is 4. The van der Waals surface area contributed by atoms with Crippen LogP contribution in [0.2, 0.25) is 5.02 Å². The van der Waals surface area contributed by atoms with Crippen LogP contribution in [0.25, 0.3) is 66.4 Å². The number of furan rings is 1. The molecule has 0 atom stereocenters. The van der Waals surface area contributed by atoms with Crippen molar-refractivity contribution < 1.29 is 4.42 Å². The van der Waals surface area contributed by atoms with Gasteiger partial charge < -0.3 is 4.42 Å². The molecule has 0 amide bonds. The molecule has 1 nitrogen and oxygen atoms in total. The van der Waals surface area contributed by atoms with E-state index in [-0.39, 0.29) is 0 Å². The fourth-order valence-corrected chi connectivity index (χ4v) is 5.52. The van der Waals surface area contributed by atoms with Crippen LogP contribution in [-0.2, 0) is 0 Å². The Bertz CT molecular complexity index is 1890. The Morgan fingerprint density at radius 1 is 0.395 bits per heavy atom. The van der Waals surface area contributed by atoms with Crippen LogP contribution in [0.3, 0.4) is 0 Å². The number of hydrogen-bond acceptors (Lipinski definition) is 1. The highest BCUT2D eigenvalue weighted by Crippen LogP contribution is 2.45. The summed E-state index contributed by atoms with van der Waals surface area (Å²) < 4.78 is 6.73. The Labute approximate surface area is 226 Å². The summed E-state index contributed by atoms with van der Waals surface area (Å²) in [5.41, 5.74) is 10.6. The monoisotopic (exact) mass is 506 g/mol. The van der Waals surface area contributed by atoms with Crippen molar-refractivity contribution in [2.24, 2.45) is 0 Å². The first-order valence-corrected chi connectivity index (χ1v) is 13.1. The minimum atomic E-state index is 0.688. The third-order valence-corrected chi connectivity index (χ3v) is 7.48. The minimum Gasteiger partial charge on any atom is -0.455 e. The predicted molar refractivity (Wildman–Crippen MR) is 160 cm³/mol. The van der Waals surface area contributed by atoms with Crippen LogP contribution in [0.1, 0.15) is 0 Å². The van der Waals surface area contributed by atoms with Gasteiger partial charge in [0.25, 0.3) is 0 Å². The van der Waals surface area contributed by atoms with Crippen LogP contribution in [0.15, 0.2) is 144 Å². The van der Waals surface area contributed by atoms with Gasteiger partial charge >= 0.3 is 0 Å². The lowest BCUT2D eigenvalue weighted by molar-refractivity contribution is 0.671. The molecule has 7 aromatic rings. The summed E-state index contributed by atoms with van der Waals surface area (Å²) in [7, 11) is 0. The lowest BCUT2D eigenvalue weighted by Crippen LogP contribution is -1.83. The molecule has 38 heavy (non-hydrogen) atoms. The van der Waals surface area contributed by atoms with Crippen LogP contribution < -0.4 is 0 Å². The molecule has 1 aromatic heterocycles. The van der Waals surface area contributed by atoms with Crippen LogP contribution in [0.5, 0.6) is 0 Å². The molecular weight excluding hydrogens is 484 g/mol. The molecule has 2 heteroatoms. The summed E-state index contributed by atoms with van der Waals surface area (Å²) in [5, 5.41) is 2.65. The molecule has 0 saturated heterocycles. The fourth-order valence-electron chi connectivity index (χ4n) is 5.27. The molecule has 0 saturated carbocycles. The Morgan fingerprint density at radius 3 is 1.53 bits per heavy atom. The second-order valence-corrected chi connectivity index (χ2v) is 9.88. The first-order chi connectivity index (χ1) is 18.8. The van der Waals surface area contributed by atoms with Crippen molar-refractivity contribution in [1.82, 2.24) is 0 Å². The van der Waals surface area contributed by atoms with Gasteiger partial charge in [0.15, 0.2) is 0 Å². The van der Waals surface area contributed by atoms with E-state index in [9.17, 15) is 0 Å². The van der Waals surface area contributed by atoms with Crippen molar-refractivity contribution in [3.05, 3.63) is 145 Å². The minimum absolute atomic E-state index is 0.688. The van der Waals surface area contributed by atoms with Gasteiger partial charge in [-0.05, 0) is 57.6 Å². The zero-order valence-electron chi connectivity index (χ0n) is 20.6. The van der Waals surface area contributed by atoms with Gasteiger partial charge in [0.05, 0.1) is 5.02 Å². The first-order valence-electron chi connectivity index (χ1n) is 12.7. The molecule has 0 aliphatic rings. The molecule has 6 aromatic carbocycles. The molecular formula is C36H23ClO. The molecule has 180 valence electrons. The van der Waals surface area contributed by atoms with Gasteiger partial charge in [0.2, 0.25) is 0 Å². The summed E-state index contributed by atoms with van der Waals surface area (Å²) in [5.74, 6) is 0. The van der Waals surface area contributed by atoms with Gasteiger partial charge in [0, 0.05) is 21.9 Å². The third-order valence-electron chi connectivity index (χ3n) is 7.16. The van der Waals surface area contributed by atoms with E-state index in [0.29, 0.717) is 5.02 Å². The number of fused-ring (bicyclic) bond motifs is 3. The molecule has 0 N–H and O–H groups in total. The first kappa shape index (κ1) is 22.6. The second kappa shape index (κ2) is 9.37. The molecule has 0 aliphatic heterocycles. The lowest BCUT2D eigenvalue weighted by atomic mass is 9.95. The summed E-state index contributed by atoms with van der Waals surface area (Å²) in [6.07, 6.45) is 0. The normalized spacial score (nSPS) is 11.3. The number of halogens is 1. The van der Waals surface area contributed by atoms with Crippen LogP contribution in [0, 0.1) is 0 Å². The lowest BCUT2D eigenvalue weighted by Gasteiger charge is -2.08. The SMILES string of the molecule is Clc1ccc(-c2ccc(-c3ccccc3)cc2)c2oc3c(-c4ccccc4)cc(-c4ccccc4)cc3c12. The Kier molecular flexibility index (Phi) is 5.57. The maximum atomic E-state index is 6.88. The molecule has 1 heterocycles. The van der Waals surface area contributed by atoms with Gasteiger partial charge in [-0.25, -0.2) is 0 Å². The summed E-state index contributed by atoms with van der Waals surface area (Å²) in [6, 6.07) is 48.4. The zero-order chi connectivity index (χ0) is 25.5. The van der Waals surface area contributed by atoms with E-state index in [0.717, 1.165) is 55.3 Å². The molecule has 0 unspecified atom stereocenters. The molecule has 7 rings (SSSR count). The van der Waals surface area contributed by atoms with Crippen molar-refractivity contribution in [2.45, 2.75) is 0 Å². The zero-order valence-corrected chi connectivity index (χ0v) is 21.3. The van der Waals surface area contributed by atoms with Crippen molar-refractivity contribution >= 4 is 33.5 Å². The smallest absolute Gasteiger partial charge is 0.144 e. The van der Waals surface area contributed by atoms with E-state index >= 15 is 0 Å². The van der Waals surface area contributed by atoms with Crippen molar-refractivity contribution in [3.8, 4) is 44.5 Å². The quantitative estimate of drug-likeness (QED) is 0.231. The van der Waals surface area contributed by atoms with E-state index < -0.39 is 0 Å². The molecule has 0 spiro atoms. The Morgan fingerprint density at radius 2 is 0.895 bits per heavy atom. The molecule has 0 aliphatic carbocycles. The van der Waals surface area contributed by atoms with Crippen molar-refractivity contribution in [3.63, 3.8) is 0 Å². The van der Waals surface area contributed by atoms with E-state index in [2.05, 4.69) is 115 Å². The van der Waals surface area contributed by atoms with Crippen LogP contribution >= 0.6 is 11.6 Å². The van der Waals surface area contributed by atoms with Crippen molar-refractivity contribution in [2.75, 3.05) is 0 Å². The highest BCUT2D eigenvalue weighted by Gasteiger charge is 2.20. The average Bonchev–Trinajstić information content (AvgIpc) is 3.39. The summed E-state index contributed by atoms with van der Waals surface area (Å²) >= 11 is 6.88. The van der Waals surface area contributed by atoms with Crippen molar-refractivity contribution in [1.29, 1.82) is 0 Å². The van der Waals surface area contributed by atoms with Crippen LogP contribution in [-0.4, -0.2) is 0 Å². The molecule has 0 fully saturated rings.